The second-order valence-corrected chi connectivity index (χ2v) is 5.02. The van der Waals surface area contributed by atoms with Crippen molar-refractivity contribution in [3.63, 3.8) is 0 Å². The van der Waals surface area contributed by atoms with Crippen molar-refractivity contribution in [1.82, 2.24) is 0 Å². The first-order chi connectivity index (χ1) is 1.91. The molecule has 0 aliphatic carbocycles. The molecule has 0 nitrogen and oxygen atoms in total. The van der Waals surface area contributed by atoms with Gasteiger partial charge in [-0.2, -0.15) is 0 Å². The Hall–Kier alpha value is 1.21. The molecule has 0 rings (SSSR count). The Balaban J connectivity index is 1.97. The molecular weight excluding hydrogens is 106 g/mol. The fraction of sp³-hybridized carbons (Fsp3) is 1.00. The van der Waals surface area contributed by atoms with Crippen molar-refractivity contribution in [3.05, 3.63) is 0 Å². The van der Waals surface area contributed by atoms with Crippen molar-refractivity contribution in [1.29, 1.82) is 0 Å². The molecule has 0 radical (unpaired) electrons. The highest BCUT2D eigenvalue weighted by molar-refractivity contribution is 8.64. The van der Waals surface area contributed by atoms with Gasteiger partial charge in [-0.15, -0.1) is 20.3 Å². The van der Waals surface area contributed by atoms with Crippen LogP contribution in [-0.4, -0.2) is 6.26 Å². The van der Waals surface area contributed by atoms with Crippen LogP contribution in [-0.2, 0) is 0 Å². The molecule has 3 heteroatoms. The Morgan fingerprint density at radius 2 is 2.25 bits per heavy atom. The summed E-state index contributed by atoms with van der Waals surface area (Å²) in [5.74, 6) is 0. The van der Waals surface area contributed by atoms with Gasteiger partial charge in [0.05, 0.1) is 0 Å². The summed E-state index contributed by atoms with van der Waals surface area (Å²) >= 11 is 1.85. The quantitative estimate of drug-likeness (QED) is 0.465. The highest BCUT2D eigenvalue weighted by Crippen LogP contribution is 2.33. The lowest BCUT2D eigenvalue weighted by atomic mass is 12.0. The molecule has 0 fully saturated rings. The summed E-state index contributed by atoms with van der Waals surface area (Å²) < 4.78 is 0. The van der Waals surface area contributed by atoms with Crippen molar-refractivity contribution in [2.45, 2.75) is 0 Å². The van der Waals surface area contributed by atoms with Crippen molar-refractivity contribution in [2.75, 3.05) is 6.26 Å². The van der Waals surface area contributed by atoms with Gasteiger partial charge < -0.3 is 0 Å². The van der Waals surface area contributed by atoms with Gasteiger partial charge >= 0.3 is 0 Å². The predicted molar refractivity (Wildman–Crippen MR) is 31.5 cm³/mol. The van der Waals surface area contributed by atoms with Crippen molar-refractivity contribution in [2.24, 2.45) is 0 Å². The molecule has 0 heterocycles. The number of rotatable bonds is 1. The van der Waals surface area contributed by atoms with E-state index in [0.717, 1.165) is 7.47 Å². The Kier molecular flexibility index (Phi) is 5.48. The van der Waals surface area contributed by atoms with Crippen LogP contribution in [0, 0.1) is 0 Å². The predicted octanol–water partition coefficient (Wildman–Crippen LogP) is 1.73. The van der Waals surface area contributed by atoms with E-state index in [2.05, 4.69) is 15.2 Å². The summed E-state index contributed by atoms with van der Waals surface area (Å²) in [5, 5.41) is 0. The first kappa shape index (κ1) is 5.21. The van der Waals surface area contributed by atoms with E-state index in [1.807, 2.05) is 11.4 Å². The van der Waals surface area contributed by atoms with Gasteiger partial charge in [0.25, 0.3) is 0 Å². The maximum absolute atomic E-state index is 2.65. The molecule has 26 valence electrons. The van der Waals surface area contributed by atoms with E-state index in [0.29, 0.717) is 0 Å². The van der Waals surface area contributed by atoms with Crippen molar-refractivity contribution in [3.8, 4) is 0 Å². The van der Waals surface area contributed by atoms with E-state index < -0.39 is 0 Å². The molecule has 4 heavy (non-hydrogen) atoms. The molecule has 0 spiro atoms. The fourth-order valence-corrected chi connectivity index (χ4v) is 0. The van der Waals surface area contributed by atoms with Crippen molar-refractivity contribution < 1.29 is 0 Å². The van der Waals surface area contributed by atoms with E-state index in [4.69, 9.17) is 0 Å². The highest BCUT2D eigenvalue weighted by atomic mass is 32.9. The minimum Gasteiger partial charge on any atom is -0.137 e. The molecule has 0 aromatic rings. The zero-order valence-corrected chi connectivity index (χ0v) is 5.46. The minimum absolute atomic E-state index is 0.974. The van der Waals surface area contributed by atoms with Crippen LogP contribution in [0.15, 0.2) is 0 Å². The Bertz CT molecular complexity index is 8.00. The van der Waals surface area contributed by atoms with Gasteiger partial charge in [0, 0.05) is 0 Å². The monoisotopic (exact) mass is 112 g/mol. The van der Waals surface area contributed by atoms with Crippen LogP contribution in [0.5, 0.6) is 0 Å². The highest BCUT2D eigenvalue weighted by Gasteiger charge is 1.54. The Morgan fingerprint density at radius 3 is 2.25 bits per heavy atom. The molecule has 0 aliphatic heterocycles. The molecule has 0 saturated heterocycles. The summed E-state index contributed by atoms with van der Waals surface area (Å²) in [4.78, 5) is 0. The smallest absolute Gasteiger partial charge is 0.0141 e. The maximum atomic E-state index is 2.65. The Morgan fingerprint density at radius 1 is 2.00 bits per heavy atom. The third kappa shape index (κ3) is 3.21. The van der Waals surface area contributed by atoms with Gasteiger partial charge in [-0.1, -0.05) is 0 Å². The first-order valence-corrected chi connectivity index (χ1v) is 5.66. The lowest BCUT2D eigenvalue weighted by Gasteiger charge is -1.70. The van der Waals surface area contributed by atoms with Gasteiger partial charge in [-0.25, -0.2) is 0 Å². The van der Waals surface area contributed by atoms with Gasteiger partial charge in [0.15, 0.2) is 0 Å². The van der Waals surface area contributed by atoms with E-state index in [-0.39, 0.29) is 0 Å². The average molecular weight is 112 g/mol. The van der Waals surface area contributed by atoms with Crippen LogP contribution in [0.1, 0.15) is 0 Å². The summed E-state index contributed by atoms with van der Waals surface area (Å²) in [6.45, 7) is 0. The standard InChI is InChI=1S/CH6P2S/c1-4-3-2/h3H,2H2,1H3. The summed E-state index contributed by atoms with van der Waals surface area (Å²) in [7, 11) is 3.62. The van der Waals surface area contributed by atoms with Gasteiger partial charge in [0.2, 0.25) is 0 Å². The number of hydrogen-bond acceptors (Lipinski definition) is 1. The molecule has 2 unspecified atom stereocenters. The van der Waals surface area contributed by atoms with Crippen molar-refractivity contribution >= 4 is 27.8 Å². The molecule has 0 aliphatic rings. The molecule has 0 amide bonds. The van der Waals surface area contributed by atoms with E-state index in [9.17, 15) is 0 Å². The third-order valence-electron chi connectivity index (χ3n) is 0.118. The van der Waals surface area contributed by atoms with Gasteiger partial charge in [-0.3, -0.25) is 0 Å². The average Bonchev–Trinajstić information content (AvgIpc) is 1.37. The van der Waals surface area contributed by atoms with Crippen LogP contribution in [0.4, 0.5) is 0 Å². The summed E-state index contributed by atoms with van der Waals surface area (Å²) in [6.07, 6.45) is 2.09. The summed E-state index contributed by atoms with van der Waals surface area (Å²) in [6, 6.07) is 0. The van der Waals surface area contributed by atoms with Crippen LogP contribution < -0.4 is 0 Å². The SMILES string of the molecule is CSPP. The normalized spacial score (nSPS) is 10.5. The third-order valence-corrected chi connectivity index (χ3v) is 3.18. The second kappa shape index (κ2) is 4.21. The van der Waals surface area contributed by atoms with E-state index in [1.165, 1.54) is 0 Å². The molecule has 0 aromatic carbocycles. The van der Waals surface area contributed by atoms with Gasteiger partial charge in [0.1, 0.15) is 0 Å². The molecule has 0 bridgehead atoms. The maximum Gasteiger partial charge on any atom is -0.0141 e. The Labute approximate surface area is 34.8 Å². The van der Waals surface area contributed by atoms with E-state index >= 15 is 0 Å². The topological polar surface area (TPSA) is 0 Å². The van der Waals surface area contributed by atoms with Crippen LogP contribution >= 0.6 is 27.8 Å². The molecule has 0 aromatic heterocycles. The van der Waals surface area contributed by atoms with Crippen LogP contribution in [0.25, 0.3) is 0 Å². The lowest BCUT2D eigenvalue weighted by molar-refractivity contribution is 2.54. The molecular formula is CH6P2S. The largest absolute Gasteiger partial charge is 0.137 e. The first-order valence-electron chi connectivity index (χ1n) is 0.901. The zero-order chi connectivity index (χ0) is 3.41. The lowest BCUT2D eigenvalue weighted by Crippen LogP contribution is -1.12. The molecule has 0 N–H and O–H groups in total. The second-order valence-electron chi connectivity index (χ2n) is 0.322. The number of hydrogen-bond donors (Lipinski definition) is 0. The zero-order valence-electron chi connectivity index (χ0n) is 2.49. The van der Waals surface area contributed by atoms with E-state index in [1.54, 1.807) is 0 Å². The summed E-state index contributed by atoms with van der Waals surface area (Å²) in [5.41, 5.74) is 0. The van der Waals surface area contributed by atoms with Crippen LogP contribution in [0.2, 0.25) is 0 Å². The minimum atomic E-state index is 0.974. The molecule has 2 atom stereocenters. The molecule has 0 saturated carbocycles. The fourth-order valence-electron chi connectivity index (χ4n) is 0. The van der Waals surface area contributed by atoms with Gasteiger partial charge in [-0.05, 0) is 13.7 Å². The van der Waals surface area contributed by atoms with Crippen LogP contribution in [0.3, 0.4) is 0 Å².